The fourth-order valence-electron chi connectivity index (χ4n) is 5.85. The van der Waals surface area contributed by atoms with Crippen molar-refractivity contribution in [1.29, 1.82) is 0 Å². The maximum Gasteiger partial charge on any atom is 0.186 e. The lowest BCUT2D eigenvalue weighted by molar-refractivity contribution is -0.306. The second-order valence-corrected chi connectivity index (χ2v) is 11.5. The van der Waals surface area contributed by atoms with Crippen LogP contribution in [0.4, 0.5) is 0 Å². The predicted molar refractivity (Wildman–Crippen MR) is 156 cm³/mol. The molecule has 9 heteroatoms. The molecule has 10 atom stereocenters. The van der Waals surface area contributed by atoms with Crippen molar-refractivity contribution in [2.75, 3.05) is 19.8 Å². The Morgan fingerprint density at radius 3 is 2.05 bits per heavy atom. The highest BCUT2D eigenvalue weighted by molar-refractivity contribution is 5.14. The molecule has 0 radical (unpaired) electrons. The minimum Gasteiger partial charge on any atom is -0.392 e. The van der Waals surface area contributed by atoms with E-state index in [1.807, 2.05) is 62.4 Å². The first kappa shape index (κ1) is 31.4. The highest BCUT2D eigenvalue weighted by Gasteiger charge is 2.46. The Balaban J connectivity index is 1.46. The lowest BCUT2D eigenvalue weighted by atomic mass is 9.72. The van der Waals surface area contributed by atoms with Crippen LogP contribution in [0.25, 0.3) is 10.4 Å². The van der Waals surface area contributed by atoms with Crippen LogP contribution in [0.3, 0.4) is 0 Å². The topological polar surface area (TPSA) is 115 Å². The molecule has 1 heterocycles. The first-order chi connectivity index (χ1) is 19.9. The Kier molecular flexibility index (Phi) is 12.0. The number of hydrogen-bond acceptors (Lipinski definition) is 7. The first-order valence-electron chi connectivity index (χ1n) is 14.8. The number of azide groups is 1. The van der Waals surface area contributed by atoms with E-state index in [4.69, 9.17) is 29.2 Å². The standard InChI is InChI=1S/C32H45N3O6/c1-21-22(2)29(36)27(17-28(21)37-16-15-34-35-33)20-40-32-31(39-19-26-13-9-6-10-14-26)30(23(3)24(4)41-32)38-18-25-11-7-5-8-12-25/h5-14,21-24,27-32,36H,15-20H2,1-4H3/t21?,22-,23-,24+,27?,28-,29+,30?,31?,32-/m1/s1. The van der Waals surface area contributed by atoms with Crippen molar-refractivity contribution in [1.82, 2.24) is 0 Å². The Bertz CT molecular complexity index is 1090. The molecule has 4 unspecified atom stereocenters. The fraction of sp³-hybridized carbons (Fsp3) is 0.625. The van der Waals surface area contributed by atoms with Crippen LogP contribution in [-0.2, 0) is 36.9 Å². The van der Waals surface area contributed by atoms with Gasteiger partial charge in [-0.1, -0.05) is 86.5 Å². The zero-order valence-corrected chi connectivity index (χ0v) is 24.6. The summed E-state index contributed by atoms with van der Waals surface area (Å²) in [6.07, 6.45) is -1.42. The van der Waals surface area contributed by atoms with Crippen molar-refractivity contribution >= 4 is 0 Å². The molecule has 2 aromatic rings. The Hall–Kier alpha value is -2.49. The van der Waals surface area contributed by atoms with Gasteiger partial charge in [-0.15, -0.1) is 0 Å². The highest BCUT2D eigenvalue weighted by atomic mass is 16.7. The molecule has 2 aromatic carbocycles. The van der Waals surface area contributed by atoms with Gasteiger partial charge < -0.3 is 28.8 Å². The predicted octanol–water partition coefficient (Wildman–Crippen LogP) is 5.90. The summed E-state index contributed by atoms with van der Waals surface area (Å²) in [6.45, 7) is 10.1. The molecular weight excluding hydrogens is 522 g/mol. The number of nitrogens with zero attached hydrogens (tertiary/aromatic N) is 3. The van der Waals surface area contributed by atoms with E-state index in [2.05, 4.69) is 36.0 Å². The molecule has 0 spiro atoms. The van der Waals surface area contributed by atoms with E-state index in [9.17, 15) is 5.11 Å². The maximum atomic E-state index is 11.1. The van der Waals surface area contributed by atoms with Crippen molar-refractivity contribution in [2.24, 2.45) is 28.8 Å². The van der Waals surface area contributed by atoms with Gasteiger partial charge in [-0.05, 0) is 41.8 Å². The number of benzene rings is 2. The molecule has 1 aliphatic heterocycles. The monoisotopic (exact) mass is 567 g/mol. The largest absolute Gasteiger partial charge is 0.392 e. The van der Waals surface area contributed by atoms with E-state index >= 15 is 0 Å². The molecule has 41 heavy (non-hydrogen) atoms. The summed E-state index contributed by atoms with van der Waals surface area (Å²) in [4.78, 5) is 2.80. The van der Waals surface area contributed by atoms with Gasteiger partial charge >= 0.3 is 0 Å². The van der Waals surface area contributed by atoms with Gasteiger partial charge in [0.15, 0.2) is 6.29 Å². The zero-order valence-electron chi connectivity index (χ0n) is 24.6. The van der Waals surface area contributed by atoms with Crippen molar-refractivity contribution < 1.29 is 28.8 Å². The second kappa shape index (κ2) is 15.7. The first-order valence-corrected chi connectivity index (χ1v) is 14.8. The molecule has 4 rings (SSSR count). The summed E-state index contributed by atoms with van der Waals surface area (Å²) < 4.78 is 31.9. The molecule has 1 N–H and O–H groups in total. The van der Waals surface area contributed by atoms with Gasteiger partial charge in [-0.3, -0.25) is 0 Å². The Morgan fingerprint density at radius 2 is 1.44 bits per heavy atom. The second-order valence-electron chi connectivity index (χ2n) is 11.5. The van der Waals surface area contributed by atoms with E-state index in [-0.39, 0.29) is 48.5 Å². The van der Waals surface area contributed by atoms with E-state index in [1.165, 1.54) is 0 Å². The maximum absolute atomic E-state index is 11.1. The zero-order chi connectivity index (χ0) is 29.2. The lowest BCUT2D eigenvalue weighted by Gasteiger charge is -2.46. The average Bonchev–Trinajstić information content (AvgIpc) is 2.99. The van der Waals surface area contributed by atoms with Gasteiger partial charge in [0.05, 0.1) is 50.8 Å². The number of aliphatic hydroxyl groups excluding tert-OH is 1. The van der Waals surface area contributed by atoms with Crippen molar-refractivity contribution in [3.05, 3.63) is 82.2 Å². The molecular formula is C32H45N3O6. The minimum atomic E-state index is -0.656. The SMILES string of the molecule is CC1[C@@H](C)[C@H](O)C(CO[C@@H]2O[C@@H](C)[C@@H](C)C(OCc3ccccc3)C2OCc2ccccc2)C[C@H]1OCCN=[N+]=[N-]. The summed E-state index contributed by atoms with van der Waals surface area (Å²) >= 11 is 0. The van der Waals surface area contributed by atoms with Crippen LogP contribution >= 0.6 is 0 Å². The average molecular weight is 568 g/mol. The van der Waals surface area contributed by atoms with E-state index in [0.29, 0.717) is 32.8 Å². The van der Waals surface area contributed by atoms with Crippen LogP contribution in [0.15, 0.2) is 65.8 Å². The molecule has 1 saturated heterocycles. The number of rotatable bonds is 13. The van der Waals surface area contributed by atoms with Gasteiger partial charge in [0.25, 0.3) is 0 Å². The van der Waals surface area contributed by atoms with E-state index in [1.54, 1.807) is 0 Å². The van der Waals surface area contributed by atoms with Crippen LogP contribution in [-0.4, -0.2) is 61.7 Å². The fourth-order valence-corrected chi connectivity index (χ4v) is 5.85. The number of hydrogen-bond donors (Lipinski definition) is 1. The molecule has 1 saturated carbocycles. The molecule has 0 amide bonds. The summed E-state index contributed by atoms with van der Waals surface area (Å²) in [7, 11) is 0. The van der Waals surface area contributed by atoms with Crippen molar-refractivity contribution in [3.8, 4) is 0 Å². The van der Waals surface area contributed by atoms with Gasteiger partial charge in [0.2, 0.25) is 0 Å². The molecule has 1 aliphatic carbocycles. The molecule has 9 nitrogen and oxygen atoms in total. The third-order valence-corrected chi connectivity index (χ3v) is 8.80. The summed E-state index contributed by atoms with van der Waals surface area (Å²) in [5, 5.41) is 14.7. The molecule has 2 fully saturated rings. The third kappa shape index (κ3) is 8.52. The van der Waals surface area contributed by atoms with Crippen LogP contribution in [0, 0.1) is 23.7 Å². The summed E-state index contributed by atoms with van der Waals surface area (Å²) in [5.41, 5.74) is 10.7. The molecule has 224 valence electrons. The van der Waals surface area contributed by atoms with E-state index < -0.39 is 18.5 Å². The highest BCUT2D eigenvalue weighted by Crippen LogP contribution is 2.37. The van der Waals surface area contributed by atoms with Gasteiger partial charge in [-0.25, -0.2) is 0 Å². The lowest BCUT2D eigenvalue weighted by Crippen LogP contribution is -2.56. The summed E-state index contributed by atoms with van der Waals surface area (Å²) in [6, 6.07) is 20.2. The Labute approximate surface area is 243 Å². The number of ether oxygens (including phenoxy) is 5. The minimum absolute atomic E-state index is 0.0279. The van der Waals surface area contributed by atoms with Crippen LogP contribution in [0.5, 0.6) is 0 Å². The van der Waals surface area contributed by atoms with Gasteiger partial charge in [-0.2, -0.15) is 0 Å². The normalized spacial score (nSPS) is 33.7. The van der Waals surface area contributed by atoms with E-state index in [0.717, 1.165) is 11.1 Å². The Morgan fingerprint density at radius 1 is 0.829 bits per heavy atom. The number of aliphatic hydroxyl groups is 1. The summed E-state index contributed by atoms with van der Waals surface area (Å²) in [5.74, 6) is 0.133. The van der Waals surface area contributed by atoms with Crippen LogP contribution in [0.2, 0.25) is 0 Å². The molecule has 0 bridgehead atoms. The van der Waals surface area contributed by atoms with Crippen LogP contribution in [0.1, 0.15) is 45.2 Å². The third-order valence-electron chi connectivity index (χ3n) is 8.80. The van der Waals surface area contributed by atoms with Crippen LogP contribution < -0.4 is 0 Å². The van der Waals surface area contributed by atoms with Crippen molar-refractivity contribution in [3.63, 3.8) is 0 Å². The van der Waals surface area contributed by atoms with Crippen molar-refractivity contribution in [2.45, 2.75) is 84.1 Å². The van der Waals surface area contributed by atoms with Gasteiger partial charge in [0, 0.05) is 23.3 Å². The quantitative estimate of drug-likeness (QED) is 0.139. The molecule has 2 aliphatic rings. The van der Waals surface area contributed by atoms with Gasteiger partial charge in [0.1, 0.15) is 6.10 Å². The smallest absolute Gasteiger partial charge is 0.186 e. The molecule has 0 aromatic heterocycles.